The summed E-state index contributed by atoms with van der Waals surface area (Å²) in [6, 6.07) is 1.71. The van der Waals surface area contributed by atoms with Crippen molar-refractivity contribution in [1.29, 1.82) is 0 Å². The largest absolute Gasteiger partial charge is 0.475 e. The molecule has 0 radical (unpaired) electrons. The quantitative estimate of drug-likeness (QED) is 0.781. The van der Waals surface area contributed by atoms with Gasteiger partial charge >= 0.3 is 0 Å². The van der Waals surface area contributed by atoms with Crippen molar-refractivity contribution in [2.24, 2.45) is 0 Å². The number of nitrogens with two attached hydrogens (primary N) is 1. The first-order valence-electron chi connectivity index (χ1n) is 5.34. The summed E-state index contributed by atoms with van der Waals surface area (Å²) < 4.78 is 11.0. The fourth-order valence-electron chi connectivity index (χ4n) is 1.60. The molecule has 1 atom stereocenters. The fourth-order valence-corrected chi connectivity index (χ4v) is 1.60. The van der Waals surface area contributed by atoms with Crippen molar-refractivity contribution in [2.75, 3.05) is 31.3 Å². The molecule has 0 bridgehead atoms. The minimum atomic E-state index is 0.175. The minimum Gasteiger partial charge on any atom is -0.475 e. The van der Waals surface area contributed by atoms with E-state index in [0.29, 0.717) is 18.3 Å². The number of ether oxygens (including phenoxy) is 2. The van der Waals surface area contributed by atoms with Crippen LogP contribution in [0, 0.1) is 0 Å². The van der Waals surface area contributed by atoms with Gasteiger partial charge < -0.3 is 20.5 Å². The van der Waals surface area contributed by atoms with Gasteiger partial charge in [-0.25, -0.2) is 0 Å². The van der Waals surface area contributed by atoms with Crippen LogP contribution in [-0.4, -0.2) is 36.3 Å². The second-order valence-electron chi connectivity index (χ2n) is 3.65. The topological polar surface area (TPSA) is 82.3 Å². The number of nitrogens with one attached hydrogen (secondary N) is 1. The molecule has 6 heteroatoms. The number of aromatic nitrogens is 2. The number of rotatable bonds is 4. The van der Waals surface area contributed by atoms with Gasteiger partial charge in [0.2, 0.25) is 11.8 Å². The van der Waals surface area contributed by atoms with Gasteiger partial charge in [-0.3, -0.25) is 0 Å². The lowest BCUT2D eigenvalue weighted by Crippen LogP contribution is -2.17. The summed E-state index contributed by atoms with van der Waals surface area (Å²) in [6.45, 7) is 1.33. The monoisotopic (exact) mass is 224 g/mol. The molecule has 0 aromatic carbocycles. The lowest BCUT2D eigenvalue weighted by molar-refractivity contribution is 0.0664. The molecule has 2 rings (SSSR count). The van der Waals surface area contributed by atoms with Crippen molar-refractivity contribution in [3.63, 3.8) is 0 Å². The lowest BCUT2D eigenvalue weighted by Gasteiger charge is -2.11. The predicted octanol–water partition coefficient (Wildman–Crippen LogP) is 0.658. The summed E-state index contributed by atoms with van der Waals surface area (Å²) in [5.41, 5.74) is 5.55. The molecule has 3 N–H and O–H groups in total. The zero-order chi connectivity index (χ0) is 11.4. The Morgan fingerprint density at radius 3 is 3.19 bits per heavy atom. The Kier molecular flexibility index (Phi) is 3.40. The molecule has 88 valence electrons. The van der Waals surface area contributed by atoms with Crippen LogP contribution in [0.4, 0.5) is 11.8 Å². The number of hydrogen-bond acceptors (Lipinski definition) is 6. The van der Waals surface area contributed by atoms with Crippen LogP contribution in [0.25, 0.3) is 0 Å². The molecule has 0 saturated carbocycles. The highest BCUT2D eigenvalue weighted by Gasteiger charge is 2.16. The third-order valence-electron chi connectivity index (χ3n) is 2.42. The highest BCUT2D eigenvalue weighted by molar-refractivity contribution is 5.42. The van der Waals surface area contributed by atoms with E-state index in [1.54, 1.807) is 13.1 Å². The van der Waals surface area contributed by atoms with Crippen LogP contribution in [0.3, 0.4) is 0 Å². The van der Waals surface area contributed by atoms with E-state index in [0.717, 1.165) is 19.4 Å². The second-order valence-corrected chi connectivity index (χ2v) is 3.65. The van der Waals surface area contributed by atoms with Crippen molar-refractivity contribution in [2.45, 2.75) is 18.9 Å². The van der Waals surface area contributed by atoms with Crippen molar-refractivity contribution >= 4 is 11.8 Å². The van der Waals surface area contributed by atoms with Gasteiger partial charge in [0, 0.05) is 19.7 Å². The Balaban J connectivity index is 1.94. The van der Waals surface area contributed by atoms with Crippen LogP contribution >= 0.6 is 0 Å². The van der Waals surface area contributed by atoms with Crippen LogP contribution in [0.5, 0.6) is 5.88 Å². The summed E-state index contributed by atoms with van der Waals surface area (Å²) in [4.78, 5) is 7.97. The maximum absolute atomic E-state index is 5.55. The molecule has 0 aliphatic carbocycles. The Labute approximate surface area is 94.2 Å². The molecule has 0 spiro atoms. The van der Waals surface area contributed by atoms with E-state index in [9.17, 15) is 0 Å². The average Bonchev–Trinajstić information content (AvgIpc) is 2.78. The minimum absolute atomic E-state index is 0.175. The van der Waals surface area contributed by atoms with E-state index in [2.05, 4.69) is 15.3 Å². The third-order valence-corrected chi connectivity index (χ3v) is 2.42. The van der Waals surface area contributed by atoms with E-state index >= 15 is 0 Å². The summed E-state index contributed by atoms with van der Waals surface area (Å²) in [6.07, 6.45) is 2.32. The molecule has 1 aliphatic rings. The maximum atomic E-state index is 5.55. The fraction of sp³-hybridized carbons (Fsp3) is 0.600. The molecule has 6 nitrogen and oxygen atoms in total. The molecule has 1 unspecified atom stereocenters. The van der Waals surface area contributed by atoms with Gasteiger partial charge in [-0.2, -0.15) is 9.97 Å². The smallest absolute Gasteiger partial charge is 0.225 e. The normalized spacial score (nSPS) is 19.7. The highest BCUT2D eigenvalue weighted by atomic mass is 16.5. The average molecular weight is 224 g/mol. The molecular weight excluding hydrogens is 208 g/mol. The maximum Gasteiger partial charge on any atom is 0.225 e. The van der Waals surface area contributed by atoms with Gasteiger partial charge in [0.15, 0.2) is 0 Å². The molecule has 1 saturated heterocycles. The number of nitrogen functional groups attached to an aromatic ring is 1. The van der Waals surface area contributed by atoms with Gasteiger partial charge in [0.1, 0.15) is 12.4 Å². The standard InChI is InChI=1S/C10H16N4O2/c1-12-8-5-9(14-10(11)13-8)16-6-7-3-2-4-15-7/h5,7H,2-4,6H2,1H3,(H3,11,12,13,14). The van der Waals surface area contributed by atoms with Crippen molar-refractivity contribution < 1.29 is 9.47 Å². The van der Waals surface area contributed by atoms with E-state index in [1.165, 1.54) is 0 Å². The SMILES string of the molecule is CNc1cc(OCC2CCCO2)nc(N)n1. The zero-order valence-corrected chi connectivity index (χ0v) is 9.27. The Morgan fingerprint density at radius 2 is 2.50 bits per heavy atom. The van der Waals surface area contributed by atoms with Crippen LogP contribution < -0.4 is 15.8 Å². The predicted molar refractivity (Wildman–Crippen MR) is 60.5 cm³/mol. The van der Waals surface area contributed by atoms with Crippen molar-refractivity contribution in [3.05, 3.63) is 6.07 Å². The summed E-state index contributed by atoms with van der Waals surface area (Å²) in [7, 11) is 1.77. The Hall–Kier alpha value is -1.56. The number of hydrogen-bond donors (Lipinski definition) is 2. The van der Waals surface area contributed by atoms with Crippen LogP contribution in [0.15, 0.2) is 6.07 Å². The highest BCUT2D eigenvalue weighted by Crippen LogP contribution is 2.17. The lowest BCUT2D eigenvalue weighted by atomic mass is 10.2. The molecule has 1 aliphatic heterocycles. The van der Waals surface area contributed by atoms with E-state index < -0.39 is 0 Å². The van der Waals surface area contributed by atoms with E-state index in [4.69, 9.17) is 15.2 Å². The molecule has 0 amide bonds. The zero-order valence-electron chi connectivity index (χ0n) is 9.27. The van der Waals surface area contributed by atoms with Gasteiger partial charge in [0.05, 0.1) is 6.10 Å². The van der Waals surface area contributed by atoms with E-state index in [-0.39, 0.29) is 12.1 Å². The molecule has 1 fully saturated rings. The molecular formula is C10H16N4O2. The summed E-state index contributed by atoms with van der Waals surface area (Å²) >= 11 is 0. The second kappa shape index (κ2) is 4.98. The summed E-state index contributed by atoms with van der Waals surface area (Å²) in [5.74, 6) is 1.33. The van der Waals surface area contributed by atoms with Crippen LogP contribution in [0.2, 0.25) is 0 Å². The van der Waals surface area contributed by atoms with E-state index in [1.807, 2.05) is 0 Å². The Morgan fingerprint density at radius 1 is 1.62 bits per heavy atom. The molecule has 1 aromatic rings. The van der Waals surface area contributed by atoms with Gasteiger partial charge in [0.25, 0.3) is 0 Å². The summed E-state index contributed by atoms with van der Waals surface area (Å²) in [5, 5.41) is 2.89. The first kappa shape index (κ1) is 10.9. The van der Waals surface area contributed by atoms with Crippen LogP contribution in [-0.2, 0) is 4.74 Å². The van der Waals surface area contributed by atoms with Gasteiger partial charge in [-0.15, -0.1) is 0 Å². The third kappa shape index (κ3) is 2.73. The first-order chi connectivity index (χ1) is 7.78. The Bertz CT molecular complexity index is 353. The van der Waals surface area contributed by atoms with Crippen LogP contribution in [0.1, 0.15) is 12.8 Å². The molecule has 16 heavy (non-hydrogen) atoms. The van der Waals surface area contributed by atoms with Gasteiger partial charge in [-0.05, 0) is 12.8 Å². The van der Waals surface area contributed by atoms with Crippen molar-refractivity contribution in [1.82, 2.24) is 9.97 Å². The molecule has 1 aromatic heterocycles. The number of anilines is 2. The van der Waals surface area contributed by atoms with Crippen molar-refractivity contribution in [3.8, 4) is 5.88 Å². The first-order valence-corrected chi connectivity index (χ1v) is 5.34. The van der Waals surface area contributed by atoms with Gasteiger partial charge in [-0.1, -0.05) is 0 Å². The number of nitrogens with zero attached hydrogens (tertiary/aromatic N) is 2. The molecule has 2 heterocycles.